The van der Waals surface area contributed by atoms with Gasteiger partial charge in [-0.1, -0.05) is 103 Å². The molecule has 0 aliphatic rings. The summed E-state index contributed by atoms with van der Waals surface area (Å²) in [5.74, 6) is 1.87. The van der Waals surface area contributed by atoms with Crippen molar-refractivity contribution >= 4 is 75.3 Å². The van der Waals surface area contributed by atoms with Crippen LogP contribution in [0.4, 0.5) is 0 Å². The number of hydrogen-bond acceptors (Lipinski definition) is 5. The third-order valence-corrected chi connectivity index (χ3v) is 11.0. The quantitative estimate of drug-likeness (QED) is 0.187. The van der Waals surface area contributed by atoms with Crippen molar-refractivity contribution < 1.29 is 4.42 Å². The van der Waals surface area contributed by atoms with Crippen LogP contribution in [0.15, 0.2) is 162 Å². The summed E-state index contributed by atoms with van der Waals surface area (Å²) in [6.45, 7) is 0. The van der Waals surface area contributed by atoms with Crippen LogP contribution in [0.5, 0.6) is 0 Å². The molecule has 0 spiro atoms. The molecule has 0 aliphatic carbocycles. The first-order chi connectivity index (χ1) is 25.3. The van der Waals surface area contributed by atoms with E-state index in [0.717, 1.165) is 44.3 Å². The molecule has 0 saturated carbocycles. The minimum Gasteiger partial charge on any atom is -0.456 e. The van der Waals surface area contributed by atoms with Crippen molar-refractivity contribution in [3.8, 4) is 39.9 Å². The van der Waals surface area contributed by atoms with Crippen LogP contribution in [0, 0.1) is 0 Å². The van der Waals surface area contributed by atoms with Crippen LogP contribution in [-0.4, -0.2) is 19.5 Å². The van der Waals surface area contributed by atoms with Gasteiger partial charge in [0.2, 0.25) is 0 Å². The molecular formula is C45H26N4OS. The molecule has 4 heterocycles. The van der Waals surface area contributed by atoms with Crippen LogP contribution in [0.25, 0.3) is 104 Å². The van der Waals surface area contributed by atoms with Crippen molar-refractivity contribution in [2.45, 2.75) is 0 Å². The molecule has 5 nitrogen and oxygen atoms in total. The normalized spacial score (nSPS) is 11.9. The first kappa shape index (κ1) is 28.2. The standard InChI is InChI=1S/C45H26N4OS/c1-3-11-27(12-4-1)43-46-44(28-13-5-2-6-14-28)48-45(47-43)29-19-21-33-38(25-29)50-37-22-24-40-42(41(33)37)34-26-30(20-23-39(34)51-40)49-35-17-9-7-15-31(35)32-16-8-10-18-36(32)49/h1-26H. The Bertz CT molecular complexity index is 3030. The molecule has 11 aromatic rings. The number of rotatable bonds is 4. The van der Waals surface area contributed by atoms with Gasteiger partial charge in [-0.25, -0.2) is 15.0 Å². The lowest BCUT2D eigenvalue weighted by Gasteiger charge is -2.08. The highest BCUT2D eigenvalue weighted by Crippen LogP contribution is 2.44. The molecule has 0 aliphatic heterocycles. The van der Waals surface area contributed by atoms with Crippen LogP contribution in [-0.2, 0) is 0 Å². The summed E-state index contributed by atoms with van der Waals surface area (Å²) in [6.07, 6.45) is 0. The Balaban J connectivity index is 1.11. The Kier molecular flexibility index (Phi) is 6.05. The van der Waals surface area contributed by atoms with Gasteiger partial charge in [-0.15, -0.1) is 11.3 Å². The van der Waals surface area contributed by atoms with E-state index in [0.29, 0.717) is 17.5 Å². The predicted molar refractivity (Wildman–Crippen MR) is 211 cm³/mol. The van der Waals surface area contributed by atoms with E-state index in [1.165, 1.54) is 42.0 Å². The molecule has 0 radical (unpaired) electrons. The van der Waals surface area contributed by atoms with Crippen LogP contribution >= 0.6 is 11.3 Å². The Hall–Kier alpha value is -6.63. The van der Waals surface area contributed by atoms with Gasteiger partial charge in [0.25, 0.3) is 0 Å². The lowest BCUT2D eigenvalue weighted by molar-refractivity contribution is 0.669. The number of fused-ring (bicyclic) bond motifs is 10. The van der Waals surface area contributed by atoms with Crippen LogP contribution < -0.4 is 0 Å². The summed E-state index contributed by atoms with van der Waals surface area (Å²) in [5.41, 5.74) is 7.97. The maximum absolute atomic E-state index is 6.62. The number of para-hydroxylation sites is 2. The minimum atomic E-state index is 0.604. The number of benzene rings is 7. The summed E-state index contributed by atoms with van der Waals surface area (Å²) in [5, 5.41) is 7.16. The van der Waals surface area contributed by atoms with E-state index in [1.54, 1.807) is 0 Å². The summed E-state index contributed by atoms with van der Waals surface area (Å²) in [7, 11) is 0. The molecule has 238 valence electrons. The molecule has 0 saturated heterocycles. The van der Waals surface area contributed by atoms with E-state index in [-0.39, 0.29) is 0 Å². The van der Waals surface area contributed by atoms with E-state index in [2.05, 4.69) is 102 Å². The van der Waals surface area contributed by atoms with Crippen molar-refractivity contribution in [2.24, 2.45) is 0 Å². The Morgan fingerprint density at radius 3 is 1.67 bits per heavy atom. The first-order valence-corrected chi connectivity index (χ1v) is 17.8. The largest absolute Gasteiger partial charge is 0.456 e. The van der Waals surface area contributed by atoms with Gasteiger partial charge in [-0.05, 0) is 54.6 Å². The first-order valence-electron chi connectivity index (χ1n) is 16.9. The van der Waals surface area contributed by atoms with Gasteiger partial charge < -0.3 is 8.98 Å². The average Bonchev–Trinajstić information content (AvgIpc) is 3.87. The molecule has 11 rings (SSSR count). The third kappa shape index (κ3) is 4.37. The maximum atomic E-state index is 6.62. The highest BCUT2D eigenvalue weighted by molar-refractivity contribution is 7.26. The molecule has 0 N–H and O–H groups in total. The number of nitrogens with zero attached hydrogens (tertiary/aromatic N) is 4. The molecule has 0 unspecified atom stereocenters. The second-order valence-corrected chi connectivity index (χ2v) is 13.9. The smallest absolute Gasteiger partial charge is 0.164 e. The van der Waals surface area contributed by atoms with E-state index < -0.39 is 0 Å². The lowest BCUT2D eigenvalue weighted by Crippen LogP contribution is -2.00. The Morgan fingerprint density at radius 1 is 0.412 bits per heavy atom. The molecule has 6 heteroatoms. The number of aromatic nitrogens is 4. The second-order valence-electron chi connectivity index (χ2n) is 12.8. The summed E-state index contributed by atoms with van der Waals surface area (Å²) < 4.78 is 11.5. The average molecular weight is 671 g/mol. The molecule has 0 amide bonds. The van der Waals surface area contributed by atoms with Gasteiger partial charge in [0.15, 0.2) is 17.5 Å². The lowest BCUT2D eigenvalue weighted by atomic mass is 10.0. The molecule has 4 aromatic heterocycles. The highest BCUT2D eigenvalue weighted by atomic mass is 32.1. The van der Waals surface area contributed by atoms with Crippen molar-refractivity contribution in [3.05, 3.63) is 158 Å². The number of thiophene rings is 1. The molecule has 51 heavy (non-hydrogen) atoms. The molecule has 0 bridgehead atoms. The Morgan fingerprint density at radius 2 is 1.00 bits per heavy atom. The minimum absolute atomic E-state index is 0.604. The van der Waals surface area contributed by atoms with E-state index in [4.69, 9.17) is 19.4 Å². The van der Waals surface area contributed by atoms with Crippen molar-refractivity contribution in [1.29, 1.82) is 0 Å². The van der Waals surface area contributed by atoms with Gasteiger partial charge in [-0.3, -0.25) is 0 Å². The van der Waals surface area contributed by atoms with Gasteiger partial charge in [0.1, 0.15) is 11.2 Å². The fraction of sp³-hybridized carbons (Fsp3) is 0. The molecule has 0 fully saturated rings. The van der Waals surface area contributed by atoms with Gasteiger partial charge in [0.05, 0.1) is 11.0 Å². The van der Waals surface area contributed by atoms with Crippen molar-refractivity contribution in [2.75, 3.05) is 0 Å². The summed E-state index contributed by atoms with van der Waals surface area (Å²) in [4.78, 5) is 14.8. The number of furan rings is 1. The fourth-order valence-corrected chi connectivity index (χ4v) is 8.63. The summed E-state index contributed by atoms with van der Waals surface area (Å²) in [6, 6.07) is 54.9. The zero-order valence-corrected chi connectivity index (χ0v) is 27.9. The third-order valence-electron chi connectivity index (χ3n) is 9.85. The monoisotopic (exact) mass is 670 g/mol. The Labute approximate surface area is 295 Å². The van der Waals surface area contributed by atoms with Crippen LogP contribution in [0.2, 0.25) is 0 Å². The molecule has 7 aromatic carbocycles. The van der Waals surface area contributed by atoms with E-state index >= 15 is 0 Å². The van der Waals surface area contributed by atoms with Crippen molar-refractivity contribution in [1.82, 2.24) is 19.5 Å². The topological polar surface area (TPSA) is 56.7 Å². The van der Waals surface area contributed by atoms with E-state index in [1.807, 2.05) is 72.0 Å². The highest BCUT2D eigenvalue weighted by Gasteiger charge is 2.19. The van der Waals surface area contributed by atoms with Crippen molar-refractivity contribution in [3.63, 3.8) is 0 Å². The van der Waals surface area contributed by atoms with Crippen LogP contribution in [0.3, 0.4) is 0 Å². The molecule has 0 atom stereocenters. The second kappa shape index (κ2) is 10.9. The van der Waals surface area contributed by atoms with Gasteiger partial charge in [-0.2, -0.15) is 0 Å². The fourth-order valence-electron chi connectivity index (χ4n) is 7.54. The molecular weight excluding hydrogens is 645 g/mol. The maximum Gasteiger partial charge on any atom is 0.164 e. The summed E-state index contributed by atoms with van der Waals surface area (Å²) >= 11 is 1.82. The zero-order chi connectivity index (χ0) is 33.5. The van der Waals surface area contributed by atoms with Gasteiger partial charge in [0, 0.05) is 64.1 Å². The zero-order valence-electron chi connectivity index (χ0n) is 27.1. The SMILES string of the molecule is c1ccc(-c2nc(-c3ccccc3)nc(-c3ccc4c(c3)oc3ccc5sc6ccc(-n7c8ccccc8c8ccccc87)cc6c5c34)n2)cc1. The predicted octanol–water partition coefficient (Wildman–Crippen LogP) is 12.2. The van der Waals surface area contributed by atoms with Crippen LogP contribution in [0.1, 0.15) is 0 Å². The van der Waals surface area contributed by atoms with E-state index in [9.17, 15) is 0 Å². The number of hydrogen-bond donors (Lipinski definition) is 0. The van der Waals surface area contributed by atoms with Gasteiger partial charge >= 0.3 is 0 Å².